The van der Waals surface area contributed by atoms with Crippen LogP contribution in [0.4, 0.5) is 0 Å². The molecule has 0 aliphatic heterocycles. The fraction of sp³-hybridized carbons (Fsp3) is 0.400. The van der Waals surface area contributed by atoms with Gasteiger partial charge in [-0.05, 0) is 11.5 Å². The first-order chi connectivity index (χ1) is 12.5. The molecule has 0 radical (unpaired) electrons. The molecule has 0 bridgehead atoms. The van der Waals surface area contributed by atoms with Crippen LogP contribution >= 0.6 is 0 Å². The number of rotatable bonds is 9. The lowest BCUT2D eigenvalue weighted by molar-refractivity contribution is -0.157. The monoisotopic (exact) mass is 359 g/mol. The van der Waals surface area contributed by atoms with Crippen LogP contribution in [0.5, 0.6) is 5.75 Å². The van der Waals surface area contributed by atoms with Gasteiger partial charge in [-0.2, -0.15) is 0 Å². The molecule has 0 aliphatic rings. The summed E-state index contributed by atoms with van der Waals surface area (Å²) in [6.45, 7) is 4.60. The number of benzene rings is 2. The maximum Gasteiger partial charge on any atom is 0.317 e. The van der Waals surface area contributed by atoms with Crippen molar-refractivity contribution in [3.63, 3.8) is 0 Å². The molecule has 6 heteroatoms. The molecule has 1 unspecified atom stereocenters. The molecule has 0 heterocycles. The Bertz CT molecular complexity index is 739. The van der Waals surface area contributed by atoms with E-state index >= 15 is 0 Å². The highest BCUT2D eigenvalue weighted by Crippen LogP contribution is 2.25. The maximum absolute atomic E-state index is 11.9. The smallest absolute Gasteiger partial charge is 0.317 e. The molecule has 0 amide bonds. The van der Waals surface area contributed by atoms with Gasteiger partial charge in [0.25, 0.3) is 0 Å². The molecule has 2 aromatic rings. The first-order valence-electron chi connectivity index (χ1n) is 8.60. The molecule has 140 valence electrons. The molecule has 2 aromatic carbocycles. The van der Waals surface area contributed by atoms with Crippen molar-refractivity contribution < 1.29 is 23.8 Å². The second-order valence-electron chi connectivity index (χ2n) is 6.22. The van der Waals surface area contributed by atoms with Crippen LogP contribution in [0.1, 0.15) is 20.3 Å². The summed E-state index contributed by atoms with van der Waals surface area (Å²) in [5.74, 6) is -0.531. The normalized spacial score (nSPS) is 12.0. The van der Waals surface area contributed by atoms with Crippen molar-refractivity contribution in [2.24, 2.45) is 0 Å². The highest BCUT2D eigenvalue weighted by molar-refractivity contribution is 5.91. The Hall–Kier alpha value is -2.60. The summed E-state index contributed by atoms with van der Waals surface area (Å²) in [6, 6.07) is 13.9. The molecule has 6 nitrogen and oxygen atoms in total. The summed E-state index contributed by atoms with van der Waals surface area (Å²) in [5.41, 5.74) is 0. The molecule has 0 fully saturated rings. The van der Waals surface area contributed by atoms with Gasteiger partial charge in [0.2, 0.25) is 0 Å². The number of carbonyl (C=O) groups is 2. The summed E-state index contributed by atoms with van der Waals surface area (Å²) in [4.78, 5) is 23.1. The second kappa shape index (κ2) is 9.77. The lowest BCUT2D eigenvalue weighted by Gasteiger charge is -2.20. The SMILES string of the molecule is COC(=O)CC(=O)OC(CNC(C)C)COc1cccc2ccccc12. The zero-order chi connectivity index (χ0) is 18.9. The van der Waals surface area contributed by atoms with Gasteiger partial charge in [0.15, 0.2) is 0 Å². The summed E-state index contributed by atoms with van der Waals surface area (Å²) < 4.78 is 15.8. The molecule has 1 atom stereocenters. The number of methoxy groups -OCH3 is 1. The standard InChI is InChI=1S/C20H25NO5/c1-14(2)21-12-16(26-20(23)11-19(22)24-3)13-25-18-10-6-8-15-7-4-5-9-17(15)18/h4-10,14,16,21H,11-13H2,1-3H3. The van der Waals surface area contributed by atoms with Crippen LogP contribution in [0.15, 0.2) is 42.5 Å². The van der Waals surface area contributed by atoms with Crippen LogP contribution in [0, 0.1) is 0 Å². The average molecular weight is 359 g/mol. The zero-order valence-corrected chi connectivity index (χ0v) is 15.4. The van der Waals surface area contributed by atoms with Gasteiger partial charge in [0.1, 0.15) is 24.9 Å². The quantitative estimate of drug-likeness (QED) is 0.548. The van der Waals surface area contributed by atoms with E-state index in [0.717, 1.165) is 16.5 Å². The number of esters is 2. The first-order valence-corrected chi connectivity index (χ1v) is 8.60. The van der Waals surface area contributed by atoms with E-state index in [1.165, 1.54) is 7.11 Å². The van der Waals surface area contributed by atoms with Crippen molar-refractivity contribution in [1.29, 1.82) is 0 Å². The van der Waals surface area contributed by atoms with Crippen LogP contribution in [-0.4, -0.2) is 44.3 Å². The van der Waals surface area contributed by atoms with Gasteiger partial charge in [0.05, 0.1) is 7.11 Å². The predicted molar refractivity (Wildman–Crippen MR) is 99.1 cm³/mol. The van der Waals surface area contributed by atoms with Gasteiger partial charge in [-0.15, -0.1) is 0 Å². The Morgan fingerprint density at radius 2 is 1.77 bits per heavy atom. The molecular formula is C20H25NO5. The van der Waals surface area contributed by atoms with E-state index in [1.807, 2.05) is 56.3 Å². The van der Waals surface area contributed by atoms with E-state index in [2.05, 4.69) is 10.1 Å². The third kappa shape index (κ3) is 6.04. The van der Waals surface area contributed by atoms with E-state index in [1.54, 1.807) is 0 Å². The summed E-state index contributed by atoms with van der Waals surface area (Å²) in [6.07, 6.45) is -0.934. The molecule has 0 saturated heterocycles. The van der Waals surface area contributed by atoms with Crippen LogP contribution < -0.4 is 10.1 Å². The van der Waals surface area contributed by atoms with Gasteiger partial charge >= 0.3 is 11.9 Å². The van der Waals surface area contributed by atoms with E-state index in [0.29, 0.717) is 6.54 Å². The lowest BCUT2D eigenvalue weighted by atomic mass is 10.1. The third-order valence-corrected chi connectivity index (χ3v) is 3.74. The summed E-state index contributed by atoms with van der Waals surface area (Å²) >= 11 is 0. The Balaban J connectivity index is 2.03. The molecule has 26 heavy (non-hydrogen) atoms. The van der Waals surface area contributed by atoms with Crippen LogP contribution in [0.25, 0.3) is 10.8 Å². The van der Waals surface area contributed by atoms with Crippen LogP contribution in [0.2, 0.25) is 0 Å². The number of hydrogen-bond donors (Lipinski definition) is 1. The Labute approximate surface area is 153 Å². The van der Waals surface area contributed by atoms with Crippen molar-refractivity contribution in [2.45, 2.75) is 32.4 Å². The van der Waals surface area contributed by atoms with E-state index in [9.17, 15) is 9.59 Å². The zero-order valence-electron chi connectivity index (χ0n) is 15.4. The van der Waals surface area contributed by atoms with E-state index in [-0.39, 0.29) is 12.6 Å². The minimum absolute atomic E-state index is 0.181. The molecule has 0 aliphatic carbocycles. The molecular weight excluding hydrogens is 334 g/mol. The highest BCUT2D eigenvalue weighted by atomic mass is 16.6. The summed E-state index contributed by atoms with van der Waals surface area (Å²) in [7, 11) is 1.23. The van der Waals surface area contributed by atoms with Crippen molar-refractivity contribution in [2.75, 3.05) is 20.3 Å². The number of hydrogen-bond acceptors (Lipinski definition) is 6. The third-order valence-electron chi connectivity index (χ3n) is 3.74. The van der Waals surface area contributed by atoms with E-state index < -0.39 is 24.5 Å². The molecule has 2 rings (SSSR count). The van der Waals surface area contributed by atoms with Crippen molar-refractivity contribution in [3.8, 4) is 5.75 Å². The topological polar surface area (TPSA) is 73.9 Å². The molecule has 0 spiro atoms. The second-order valence-corrected chi connectivity index (χ2v) is 6.22. The predicted octanol–water partition coefficient (Wildman–Crippen LogP) is 2.69. The molecule has 0 aromatic heterocycles. The highest BCUT2D eigenvalue weighted by Gasteiger charge is 2.19. The maximum atomic E-state index is 11.9. The number of nitrogens with one attached hydrogen (secondary N) is 1. The number of carbonyl (C=O) groups excluding carboxylic acids is 2. The average Bonchev–Trinajstić information content (AvgIpc) is 2.63. The first kappa shape index (κ1) is 19.7. The Morgan fingerprint density at radius 3 is 2.50 bits per heavy atom. The fourth-order valence-corrected chi connectivity index (χ4v) is 2.42. The van der Waals surface area contributed by atoms with Gasteiger partial charge in [0, 0.05) is 18.0 Å². The molecule has 1 N–H and O–H groups in total. The van der Waals surface area contributed by atoms with Gasteiger partial charge in [-0.25, -0.2) is 0 Å². The lowest BCUT2D eigenvalue weighted by Crippen LogP contribution is -2.38. The van der Waals surface area contributed by atoms with Crippen molar-refractivity contribution in [1.82, 2.24) is 5.32 Å². The van der Waals surface area contributed by atoms with Crippen molar-refractivity contribution >= 4 is 22.7 Å². The Morgan fingerprint density at radius 1 is 1.04 bits per heavy atom. The largest absolute Gasteiger partial charge is 0.489 e. The number of fused-ring (bicyclic) bond motifs is 1. The fourth-order valence-electron chi connectivity index (χ4n) is 2.42. The van der Waals surface area contributed by atoms with Gasteiger partial charge in [-0.3, -0.25) is 9.59 Å². The minimum atomic E-state index is -0.631. The van der Waals surface area contributed by atoms with Crippen LogP contribution in [0.3, 0.4) is 0 Å². The van der Waals surface area contributed by atoms with Crippen molar-refractivity contribution in [3.05, 3.63) is 42.5 Å². The van der Waals surface area contributed by atoms with Gasteiger partial charge in [-0.1, -0.05) is 50.2 Å². The molecule has 0 saturated carbocycles. The summed E-state index contributed by atoms with van der Waals surface area (Å²) in [5, 5.41) is 5.28. The number of ether oxygens (including phenoxy) is 3. The van der Waals surface area contributed by atoms with Crippen LogP contribution in [-0.2, 0) is 19.1 Å². The van der Waals surface area contributed by atoms with E-state index in [4.69, 9.17) is 9.47 Å². The Kier molecular flexibility index (Phi) is 7.41. The minimum Gasteiger partial charge on any atom is -0.489 e. The van der Waals surface area contributed by atoms with Gasteiger partial charge < -0.3 is 19.5 Å².